The van der Waals surface area contributed by atoms with E-state index in [4.69, 9.17) is 9.47 Å². The normalized spacial score (nSPS) is 21.0. The fourth-order valence-corrected chi connectivity index (χ4v) is 7.23. The number of carbonyl (C=O) groups is 1. The first kappa shape index (κ1) is 58.1. The second-order valence-corrected chi connectivity index (χ2v) is 16.9. The van der Waals surface area contributed by atoms with Gasteiger partial charge in [0.1, 0.15) is 24.4 Å². The highest BCUT2D eigenvalue weighted by atomic mass is 16.7. The maximum Gasteiger partial charge on any atom is 0.220 e. The largest absolute Gasteiger partial charge is 0.394 e. The molecule has 1 saturated heterocycles. The number of nitrogens with one attached hydrogen (secondary N) is 1. The second kappa shape index (κ2) is 43.0. The van der Waals surface area contributed by atoms with Crippen molar-refractivity contribution in [3.05, 3.63) is 97.2 Å². The summed E-state index contributed by atoms with van der Waals surface area (Å²) in [6, 6.07) is -0.720. The minimum atomic E-state index is -1.55. The molecule has 7 atom stereocenters. The van der Waals surface area contributed by atoms with Crippen molar-refractivity contribution in [2.45, 2.75) is 224 Å². The summed E-state index contributed by atoms with van der Waals surface area (Å²) in [5.41, 5.74) is 0. The highest BCUT2D eigenvalue weighted by Gasteiger charge is 2.44. The lowest BCUT2D eigenvalue weighted by Crippen LogP contribution is -2.60. The number of aliphatic hydroxyl groups excluding tert-OH is 5. The van der Waals surface area contributed by atoms with Crippen molar-refractivity contribution in [1.82, 2.24) is 5.32 Å². The van der Waals surface area contributed by atoms with E-state index in [-0.39, 0.29) is 12.5 Å². The van der Waals surface area contributed by atoms with E-state index in [2.05, 4.69) is 116 Å². The molecule has 6 N–H and O–H groups in total. The van der Waals surface area contributed by atoms with E-state index in [1.54, 1.807) is 0 Å². The molecule has 1 amide bonds. The van der Waals surface area contributed by atoms with Gasteiger partial charge in [0.25, 0.3) is 0 Å². The molecule has 0 aromatic rings. The highest BCUT2D eigenvalue weighted by Crippen LogP contribution is 2.23. The van der Waals surface area contributed by atoms with E-state index in [0.717, 1.165) is 89.9 Å². The number of ether oxygens (including phenoxy) is 2. The highest BCUT2D eigenvalue weighted by molar-refractivity contribution is 5.76. The molecule has 0 aliphatic carbocycles. The van der Waals surface area contributed by atoms with Gasteiger partial charge in [0, 0.05) is 6.42 Å². The van der Waals surface area contributed by atoms with Crippen LogP contribution in [-0.2, 0) is 14.3 Å². The van der Waals surface area contributed by atoms with E-state index in [1.165, 1.54) is 64.2 Å². The summed E-state index contributed by atoms with van der Waals surface area (Å²) in [6.07, 6.45) is 55.3. The van der Waals surface area contributed by atoms with Crippen molar-refractivity contribution < 1.29 is 39.8 Å². The Balaban J connectivity index is 2.01. The zero-order chi connectivity index (χ0) is 45.9. The summed E-state index contributed by atoms with van der Waals surface area (Å²) in [5, 5.41) is 53.6. The van der Waals surface area contributed by atoms with Gasteiger partial charge < -0.3 is 40.3 Å². The van der Waals surface area contributed by atoms with Crippen molar-refractivity contribution >= 4 is 5.91 Å². The summed E-state index contributed by atoms with van der Waals surface area (Å²) in [5.74, 6) is -0.163. The molecule has 63 heavy (non-hydrogen) atoms. The molecule has 1 fully saturated rings. The van der Waals surface area contributed by atoms with E-state index in [1.807, 2.05) is 0 Å². The zero-order valence-corrected chi connectivity index (χ0v) is 39.5. The van der Waals surface area contributed by atoms with E-state index >= 15 is 0 Å². The lowest BCUT2D eigenvalue weighted by Gasteiger charge is -2.40. The maximum absolute atomic E-state index is 12.8. The first-order valence-electron chi connectivity index (χ1n) is 24.9. The predicted molar refractivity (Wildman–Crippen MR) is 262 cm³/mol. The average molecular weight is 882 g/mol. The predicted octanol–water partition coefficient (Wildman–Crippen LogP) is 11.3. The first-order chi connectivity index (χ1) is 30.8. The lowest BCUT2D eigenvalue weighted by molar-refractivity contribution is -0.302. The molecule has 9 heteroatoms. The van der Waals surface area contributed by atoms with Crippen LogP contribution >= 0.6 is 0 Å². The molecular weight excluding hydrogens is 791 g/mol. The summed E-state index contributed by atoms with van der Waals surface area (Å²) >= 11 is 0. The summed E-state index contributed by atoms with van der Waals surface area (Å²) in [7, 11) is 0. The smallest absolute Gasteiger partial charge is 0.220 e. The zero-order valence-electron chi connectivity index (χ0n) is 39.5. The molecule has 1 aliphatic heterocycles. The molecule has 0 bridgehead atoms. The number of hydrogen-bond acceptors (Lipinski definition) is 8. The van der Waals surface area contributed by atoms with Gasteiger partial charge in [-0.3, -0.25) is 4.79 Å². The van der Waals surface area contributed by atoms with Gasteiger partial charge in [0.2, 0.25) is 5.91 Å². The van der Waals surface area contributed by atoms with Crippen molar-refractivity contribution in [3.8, 4) is 0 Å². The van der Waals surface area contributed by atoms with Crippen molar-refractivity contribution in [2.75, 3.05) is 13.2 Å². The fraction of sp³-hybridized carbons (Fsp3) is 0.685. The van der Waals surface area contributed by atoms with Crippen LogP contribution < -0.4 is 5.32 Å². The third-order valence-electron chi connectivity index (χ3n) is 11.2. The van der Waals surface area contributed by atoms with Gasteiger partial charge >= 0.3 is 0 Å². The van der Waals surface area contributed by atoms with Gasteiger partial charge in [-0.1, -0.05) is 195 Å². The fourth-order valence-electron chi connectivity index (χ4n) is 7.23. The lowest BCUT2D eigenvalue weighted by atomic mass is 9.99. The van der Waals surface area contributed by atoms with Crippen LogP contribution in [0, 0.1) is 0 Å². The Morgan fingerprint density at radius 3 is 1.43 bits per heavy atom. The van der Waals surface area contributed by atoms with Crippen molar-refractivity contribution in [3.63, 3.8) is 0 Å². The Bertz CT molecular complexity index is 1300. The number of carbonyl (C=O) groups excluding carboxylic acids is 1. The Kier molecular flexibility index (Phi) is 39.7. The molecule has 0 saturated carbocycles. The van der Waals surface area contributed by atoms with Gasteiger partial charge in [-0.2, -0.15) is 0 Å². The van der Waals surface area contributed by atoms with Crippen LogP contribution in [0.5, 0.6) is 0 Å². The summed E-state index contributed by atoms with van der Waals surface area (Å²) < 4.78 is 11.1. The number of hydrogen-bond donors (Lipinski definition) is 6. The number of aliphatic hydroxyl groups is 5. The molecule has 9 nitrogen and oxygen atoms in total. The molecule has 360 valence electrons. The van der Waals surface area contributed by atoms with E-state index in [0.29, 0.717) is 12.8 Å². The minimum Gasteiger partial charge on any atom is -0.394 e. The second-order valence-electron chi connectivity index (χ2n) is 16.9. The van der Waals surface area contributed by atoms with Crippen LogP contribution in [0.1, 0.15) is 181 Å². The number of amides is 1. The van der Waals surface area contributed by atoms with Crippen LogP contribution in [0.3, 0.4) is 0 Å². The van der Waals surface area contributed by atoms with Crippen LogP contribution in [0.15, 0.2) is 97.2 Å². The first-order valence-corrected chi connectivity index (χ1v) is 24.9. The van der Waals surface area contributed by atoms with E-state index in [9.17, 15) is 30.3 Å². The summed E-state index contributed by atoms with van der Waals surface area (Å²) in [6.45, 7) is 3.53. The number of unbranched alkanes of at least 4 members (excludes halogenated alkanes) is 14. The Hall–Kier alpha value is -2.89. The average Bonchev–Trinajstić information content (AvgIpc) is 3.28. The topological polar surface area (TPSA) is 149 Å². The van der Waals surface area contributed by atoms with Crippen molar-refractivity contribution in [1.29, 1.82) is 0 Å². The third-order valence-corrected chi connectivity index (χ3v) is 11.2. The maximum atomic E-state index is 12.8. The molecule has 0 radical (unpaired) electrons. The van der Waals surface area contributed by atoms with Gasteiger partial charge in [-0.25, -0.2) is 0 Å². The van der Waals surface area contributed by atoms with Crippen LogP contribution in [0.25, 0.3) is 0 Å². The van der Waals surface area contributed by atoms with Gasteiger partial charge in [0.05, 0.1) is 25.4 Å². The Morgan fingerprint density at radius 2 is 0.984 bits per heavy atom. The molecular formula is C54H91NO8. The quantitative estimate of drug-likeness (QED) is 0.0263. The van der Waals surface area contributed by atoms with Gasteiger partial charge in [0.15, 0.2) is 6.29 Å². The van der Waals surface area contributed by atoms with Gasteiger partial charge in [-0.05, 0) is 77.0 Å². The molecule has 1 rings (SSSR count). The monoisotopic (exact) mass is 882 g/mol. The van der Waals surface area contributed by atoms with E-state index < -0.39 is 49.5 Å². The Labute approximate surface area is 383 Å². The molecule has 1 aliphatic rings. The third kappa shape index (κ3) is 33.3. The van der Waals surface area contributed by atoms with Gasteiger partial charge in [-0.15, -0.1) is 0 Å². The van der Waals surface area contributed by atoms with Crippen molar-refractivity contribution in [2.24, 2.45) is 0 Å². The SMILES string of the molecule is CC/C=C\C/C=C\C/C=C\C/C=C\C/C=C\C/C=C\C/C=C\C/C=C\CCCCCCCCCCCCCCC(=O)NC(COC1OC(CO)C(O)C(O)C1O)C(O)CCCCC. The standard InChI is InChI=1S/C54H91NO8/c1-3-5-7-8-9-10-11-12-13-14-15-16-17-18-19-20-21-22-23-24-25-26-27-28-29-30-31-32-33-34-35-36-37-38-39-40-42-44-50(58)55-47(48(57)43-41-6-4-2)46-62-54-53(61)52(60)51(59)49(45-56)63-54/h5,7,9-10,12-13,15-16,18-19,21-22,24-25,27-28,47-49,51-54,56-57,59-61H,3-4,6,8,11,14,17,20,23,26,29-46H2,1-2H3,(H,55,58)/b7-5-,10-9-,13-12-,16-15-,19-18-,22-21-,25-24-,28-27-. The molecule has 1 heterocycles. The van der Waals surface area contributed by atoms with Crippen LogP contribution in [-0.4, -0.2) is 87.5 Å². The molecule has 7 unspecified atom stereocenters. The minimum absolute atomic E-state index is 0.148. The molecule has 0 aromatic carbocycles. The number of allylic oxidation sites excluding steroid dienone is 16. The van der Waals surface area contributed by atoms with Crippen LogP contribution in [0.4, 0.5) is 0 Å². The van der Waals surface area contributed by atoms with Crippen LogP contribution in [0.2, 0.25) is 0 Å². The summed E-state index contributed by atoms with van der Waals surface area (Å²) in [4.78, 5) is 12.8. The number of rotatable bonds is 40. The molecule has 0 spiro atoms. The molecule has 0 aromatic heterocycles. The Morgan fingerprint density at radius 1 is 0.556 bits per heavy atom.